The summed E-state index contributed by atoms with van der Waals surface area (Å²) in [5, 5.41) is 12.9. The molecular formula is C13H26N2O. The van der Waals surface area contributed by atoms with Gasteiger partial charge in [-0.1, -0.05) is 19.3 Å². The second-order valence-electron chi connectivity index (χ2n) is 5.37. The number of nitrogens with zero attached hydrogens (tertiary/aromatic N) is 1. The van der Waals surface area contributed by atoms with E-state index in [-0.39, 0.29) is 0 Å². The minimum atomic E-state index is 0.328. The Kier molecular flexibility index (Phi) is 5.07. The predicted molar refractivity (Wildman–Crippen MR) is 66.5 cm³/mol. The molecule has 1 aliphatic carbocycles. The third kappa shape index (κ3) is 3.44. The van der Waals surface area contributed by atoms with Gasteiger partial charge < -0.3 is 10.4 Å². The van der Waals surface area contributed by atoms with Crippen LogP contribution in [-0.2, 0) is 0 Å². The van der Waals surface area contributed by atoms with E-state index in [9.17, 15) is 5.11 Å². The first-order valence-electron chi connectivity index (χ1n) is 6.96. The molecule has 2 aliphatic rings. The largest absolute Gasteiger partial charge is 0.395 e. The Morgan fingerprint density at radius 2 is 1.88 bits per heavy atom. The van der Waals surface area contributed by atoms with Gasteiger partial charge in [-0.3, -0.25) is 4.90 Å². The van der Waals surface area contributed by atoms with E-state index in [4.69, 9.17) is 0 Å². The predicted octanol–water partition coefficient (Wildman–Crippen LogP) is 1.22. The fourth-order valence-electron chi connectivity index (χ4n) is 3.13. The van der Waals surface area contributed by atoms with Crippen LogP contribution in [0, 0.1) is 5.92 Å². The molecule has 0 bridgehead atoms. The molecule has 0 radical (unpaired) electrons. The van der Waals surface area contributed by atoms with Gasteiger partial charge in [-0.05, 0) is 31.7 Å². The molecular weight excluding hydrogens is 200 g/mol. The van der Waals surface area contributed by atoms with Crippen LogP contribution in [0.2, 0.25) is 0 Å². The number of aliphatic hydroxyl groups is 1. The fourth-order valence-corrected chi connectivity index (χ4v) is 3.13. The van der Waals surface area contributed by atoms with E-state index >= 15 is 0 Å². The first-order valence-corrected chi connectivity index (χ1v) is 6.96. The molecule has 94 valence electrons. The average molecular weight is 226 g/mol. The standard InChI is InChI=1S/C13H26N2O/c16-11-13-6-7-14-8-9-15(13)10-12-4-2-1-3-5-12/h12-14,16H,1-11H2. The monoisotopic (exact) mass is 226 g/mol. The van der Waals surface area contributed by atoms with Crippen LogP contribution in [0.15, 0.2) is 0 Å². The minimum Gasteiger partial charge on any atom is -0.395 e. The zero-order chi connectivity index (χ0) is 11.2. The molecule has 3 heteroatoms. The van der Waals surface area contributed by atoms with E-state index in [1.807, 2.05) is 0 Å². The van der Waals surface area contributed by atoms with Crippen molar-refractivity contribution >= 4 is 0 Å². The van der Waals surface area contributed by atoms with Gasteiger partial charge in [-0.25, -0.2) is 0 Å². The van der Waals surface area contributed by atoms with Crippen molar-refractivity contribution in [2.75, 3.05) is 32.8 Å². The topological polar surface area (TPSA) is 35.5 Å². The Morgan fingerprint density at radius 1 is 1.06 bits per heavy atom. The SMILES string of the molecule is OCC1CCNCCN1CC1CCCCC1. The Bertz CT molecular complexity index is 192. The molecule has 16 heavy (non-hydrogen) atoms. The molecule has 2 N–H and O–H groups in total. The van der Waals surface area contributed by atoms with E-state index in [0.29, 0.717) is 12.6 Å². The van der Waals surface area contributed by atoms with Crippen LogP contribution in [0.5, 0.6) is 0 Å². The molecule has 1 heterocycles. The summed E-state index contributed by atoms with van der Waals surface area (Å²) in [5.74, 6) is 0.890. The van der Waals surface area contributed by atoms with Crippen LogP contribution in [0.4, 0.5) is 0 Å². The summed E-state index contributed by atoms with van der Waals surface area (Å²) in [7, 11) is 0. The highest BCUT2D eigenvalue weighted by atomic mass is 16.3. The molecule has 1 saturated carbocycles. The summed E-state index contributed by atoms with van der Waals surface area (Å²) in [6.07, 6.45) is 8.18. The summed E-state index contributed by atoms with van der Waals surface area (Å²) in [4.78, 5) is 2.52. The van der Waals surface area contributed by atoms with Crippen molar-refractivity contribution in [2.45, 2.75) is 44.6 Å². The smallest absolute Gasteiger partial charge is 0.0587 e. The van der Waals surface area contributed by atoms with Crippen molar-refractivity contribution in [2.24, 2.45) is 5.92 Å². The maximum absolute atomic E-state index is 9.45. The maximum Gasteiger partial charge on any atom is 0.0587 e. The Labute approximate surface area is 99.2 Å². The van der Waals surface area contributed by atoms with Crippen LogP contribution in [0.1, 0.15) is 38.5 Å². The first kappa shape index (κ1) is 12.3. The Hall–Kier alpha value is -0.120. The zero-order valence-corrected chi connectivity index (χ0v) is 10.3. The molecule has 2 fully saturated rings. The number of hydrogen-bond acceptors (Lipinski definition) is 3. The maximum atomic E-state index is 9.45. The van der Waals surface area contributed by atoms with E-state index < -0.39 is 0 Å². The van der Waals surface area contributed by atoms with Crippen LogP contribution in [-0.4, -0.2) is 48.8 Å². The molecule has 1 unspecified atom stereocenters. The second-order valence-corrected chi connectivity index (χ2v) is 5.37. The van der Waals surface area contributed by atoms with Crippen LogP contribution in [0.3, 0.4) is 0 Å². The average Bonchev–Trinajstić information content (AvgIpc) is 2.55. The third-order valence-electron chi connectivity index (χ3n) is 4.17. The van der Waals surface area contributed by atoms with Gasteiger partial charge in [0.25, 0.3) is 0 Å². The zero-order valence-electron chi connectivity index (χ0n) is 10.3. The van der Waals surface area contributed by atoms with E-state index in [1.54, 1.807) is 0 Å². The van der Waals surface area contributed by atoms with Crippen molar-refractivity contribution in [1.29, 1.82) is 0 Å². The van der Waals surface area contributed by atoms with Crippen molar-refractivity contribution in [3.8, 4) is 0 Å². The molecule has 1 atom stereocenters. The summed E-state index contributed by atoms with van der Waals surface area (Å²) in [5.41, 5.74) is 0. The van der Waals surface area contributed by atoms with Crippen molar-refractivity contribution in [1.82, 2.24) is 10.2 Å². The van der Waals surface area contributed by atoms with Crippen LogP contribution >= 0.6 is 0 Å². The highest BCUT2D eigenvalue weighted by Crippen LogP contribution is 2.25. The van der Waals surface area contributed by atoms with Gasteiger partial charge in [0.05, 0.1) is 6.61 Å². The van der Waals surface area contributed by atoms with E-state index in [0.717, 1.165) is 32.0 Å². The quantitative estimate of drug-likeness (QED) is 0.759. The summed E-state index contributed by atoms with van der Waals surface area (Å²) in [6.45, 7) is 4.80. The fraction of sp³-hybridized carbons (Fsp3) is 1.00. The summed E-state index contributed by atoms with van der Waals surface area (Å²) in [6, 6.07) is 0.400. The molecule has 0 aromatic carbocycles. The highest BCUT2D eigenvalue weighted by Gasteiger charge is 2.23. The van der Waals surface area contributed by atoms with Gasteiger partial charge in [0.15, 0.2) is 0 Å². The van der Waals surface area contributed by atoms with E-state index in [2.05, 4.69) is 10.2 Å². The lowest BCUT2D eigenvalue weighted by Crippen LogP contribution is -2.42. The third-order valence-corrected chi connectivity index (χ3v) is 4.17. The van der Waals surface area contributed by atoms with Gasteiger partial charge in [-0.15, -0.1) is 0 Å². The summed E-state index contributed by atoms with van der Waals surface area (Å²) >= 11 is 0. The van der Waals surface area contributed by atoms with Gasteiger partial charge >= 0.3 is 0 Å². The Morgan fingerprint density at radius 3 is 2.62 bits per heavy atom. The lowest BCUT2D eigenvalue weighted by molar-refractivity contribution is 0.104. The molecule has 0 aromatic rings. The minimum absolute atomic E-state index is 0.328. The van der Waals surface area contributed by atoms with Gasteiger partial charge in [0.2, 0.25) is 0 Å². The second kappa shape index (κ2) is 6.58. The molecule has 1 saturated heterocycles. The first-order chi connectivity index (χ1) is 7.90. The lowest BCUT2D eigenvalue weighted by atomic mass is 9.88. The van der Waals surface area contributed by atoms with Crippen LogP contribution < -0.4 is 5.32 Å². The highest BCUT2D eigenvalue weighted by molar-refractivity contribution is 4.79. The van der Waals surface area contributed by atoms with Gasteiger partial charge in [-0.2, -0.15) is 0 Å². The van der Waals surface area contributed by atoms with Gasteiger partial charge in [0, 0.05) is 25.7 Å². The molecule has 0 spiro atoms. The van der Waals surface area contributed by atoms with Crippen molar-refractivity contribution in [3.05, 3.63) is 0 Å². The number of aliphatic hydroxyl groups excluding tert-OH is 1. The molecule has 2 rings (SSSR count). The number of nitrogens with one attached hydrogen (secondary N) is 1. The molecule has 3 nitrogen and oxygen atoms in total. The summed E-state index contributed by atoms with van der Waals surface area (Å²) < 4.78 is 0. The number of rotatable bonds is 3. The van der Waals surface area contributed by atoms with Gasteiger partial charge in [0.1, 0.15) is 0 Å². The number of hydrogen-bond donors (Lipinski definition) is 2. The molecule has 0 amide bonds. The molecule has 0 aromatic heterocycles. The van der Waals surface area contributed by atoms with Crippen molar-refractivity contribution in [3.63, 3.8) is 0 Å². The Balaban J connectivity index is 1.83. The lowest BCUT2D eigenvalue weighted by Gasteiger charge is -2.33. The normalized spacial score (nSPS) is 30.2. The van der Waals surface area contributed by atoms with E-state index in [1.165, 1.54) is 38.6 Å². The van der Waals surface area contributed by atoms with Crippen LogP contribution in [0.25, 0.3) is 0 Å². The molecule has 1 aliphatic heterocycles. The van der Waals surface area contributed by atoms with Crippen molar-refractivity contribution < 1.29 is 5.11 Å².